The van der Waals surface area contributed by atoms with E-state index in [0.29, 0.717) is 0 Å². The van der Waals surface area contributed by atoms with Gasteiger partial charge in [-0.25, -0.2) is 4.98 Å². The number of nitrogens with two attached hydrogens (primary N) is 1. The lowest BCUT2D eigenvalue weighted by Crippen LogP contribution is -2.20. The number of ether oxygens (including phenoxy) is 1. The van der Waals surface area contributed by atoms with Gasteiger partial charge in [0.2, 0.25) is 5.69 Å². The highest BCUT2D eigenvalue weighted by atomic mass is 19.4. The molecule has 0 saturated carbocycles. The minimum atomic E-state index is -5.27. The quantitative estimate of drug-likeness (QED) is 0.513. The first kappa shape index (κ1) is 14.8. The third kappa shape index (κ3) is 3.35. The molecule has 2 N–H and O–H groups in total. The summed E-state index contributed by atoms with van der Waals surface area (Å²) in [6.45, 7) is 0. The van der Waals surface area contributed by atoms with Crippen molar-refractivity contribution < 1.29 is 36.0 Å². The smallest absolute Gasteiger partial charge is 0.402 e. The maximum atomic E-state index is 12.4. The van der Waals surface area contributed by atoms with E-state index in [1.165, 1.54) is 0 Å². The minimum absolute atomic E-state index is 0.0125. The number of anilines is 1. The van der Waals surface area contributed by atoms with Crippen LogP contribution in [0.2, 0.25) is 0 Å². The first-order chi connectivity index (χ1) is 8.43. The fraction of sp³-hybridized carbons (Fsp3) is 0.286. The monoisotopic (exact) mass is 291 g/mol. The number of nitrogens with zero attached hydrogens (tertiary/aromatic N) is 2. The van der Waals surface area contributed by atoms with E-state index in [-0.39, 0.29) is 6.20 Å². The Hall–Kier alpha value is -2.27. The fourth-order valence-corrected chi connectivity index (χ4v) is 1.10. The number of hydrogen-bond donors (Lipinski definition) is 1. The molecule has 1 heterocycles. The Morgan fingerprint density at radius 3 is 2.16 bits per heavy atom. The van der Waals surface area contributed by atoms with E-state index < -0.39 is 40.3 Å². The van der Waals surface area contributed by atoms with Gasteiger partial charge in [0.1, 0.15) is 0 Å². The number of aromatic nitrogens is 1. The highest BCUT2D eigenvalue weighted by molar-refractivity contribution is 5.68. The van der Waals surface area contributed by atoms with Crippen molar-refractivity contribution in [2.45, 2.75) is 12.5 Å². The van der Waals surface area contributed by atoms with Crippen LogP contribution in [0, 0.1) is 10.1 Å². The molecule has 0 unspecified atom stereocenters. The fourth-order valence-electron chi connectivity index (χ4n) is 1.10. The van der Waals surface area contributed by atoms with E-state index in [1.54, 1.807) is 0 Å². The van der Waals surface area contributed by atoms with Crippen molar-refractivity contribution in [3.63, 3.8) is 0 Å². The normalized spacial score (nSPS) is 12.3. The van der Waals surface area contributed by atoms with Crippen LogP contribution in [0.3, 0.4) is 0 Å². The number of halogens is 6. The van der Waals surface area contributed by atoms with E-state index >= 15 is 0 Å². The summed E-state index contributed by atoms with van der Waals surface area (Å²) in [6.07, 6.45) is -10.5. The van der Waals surface area contributed by atoms with Crippen LogP contribution in [-0.4, -0.2) is 16.3 Å². The van der Waals surface area contributed by atoms with E-state index in [0.717, 1.165) is 0 Å². The van der Waals surface area contributed by atoms with Crippen molar-refractivity contribution >= 4 is 11.4 Å². The summed E-state index contributed by atoms with van der Waals surface area (Å²) < 4.78 is 76.0. The summed E-state index contributed by atoms with van der Waals surface area (Å²) in [4.78, 5) is 11.4. The van der Waals surface area contributed by atoms with Gasteiger partial charge in [-0.15, -0.1) is 13.2 Å². The molecule has 106 valence electrons. The molecule has 0 aliphatic carbocycles. The predicted molar refractivity (Wildman–Crippen MR) is 47.0 cm³/mol. The molecular formula is C7H3F6N3O3. The van der Waals surface area contributed by atoms with Crippen LogP contribution in [0.4, 0.5) is 37.7 Å². The SMILES string of the molecule is Nc1c(OC(F)(F)F)cnc(C(F)(F)F)c1[N+](=O)[O-]. The van der Waals surface area contributed by atoms with E-state index in [1.807, 2.05) is 0 Å². The first-order valence-electron chi connectivity index (χ1n) is 4.19. The van der Waals surface area contributed by atoms with E-state index in [9.17, 15) is 36.5 Å². The molecule has 0 radical (unpaired) electrons. The molecular weight excluding hydrogens is 288 g/mol. The van der Waals surface area contributed by atoms with Crippen LogP contribution in [0.15, 0.2) is 6.20 Å². The molecule has 19 heavy (non-hydrogen) atoms. The van der Waals surface area contributed by atoms with E-state index in [2.05, 4.69) is 9.72 Å². The lowest BCUT2D eigenvalue weighted by molar-refractivity contribution is -0.387. The van der Waals surface area contributed by atoms with Crippen molar-refractivity contribution in [1.82, 2.24) is 4.98 Å². The average molecular weight is 291 g/mol. The highest BCUT2D eigenvalue weighted by Gasteiger charge is 2.44. The molecule has 1 aromatic rings. The van der Waals surface area contributed by atoms with Crippen LogP contribution in [0.1, 0.15) is 5.69 Å². The number of rotatable bonds is 2. The topological polar surface area (TPSA) is 91.3 Å². The van der Waals surface area contributed by atoms with Gasteiger partial charge < -0.3 is 10.5 Å². The molecule has 0 aromatic carbocycles. The van der Waals surface area contributed by atoms with Crippen LogP contribution < -0.4 is 10.5 Å². The second kappa shape index (κ2) is 4.44. The Balaban J connectivity index is 3.45. The Kier molecular flexibility index (Phi) is 3.45. The minimum Gasteiger partial charge on any atom is -0.402 e. The molecule has 0 saturated heterocycles. The van der Waals surface area contributed by atoms with Gasteiger partial charge in [0.15, 0.2) is 11.4 Å². The molecule has 0 atom stereocenters. The molecule has 0 spiro atoms. The molecule has 0 bridgehead atoms. The van der Waals surface area contributed by atoms with Crippen molar-refractivity contribution in [1.29, 1.82) is 0 Å². The molecule has 0 aliphatic rings. The zero-order chi connectivity index (χ0) is 15.0. The Morgan fingerprint density at radius 2 is 1.79 bits per heavy atom. The standard InChI is InChI=1S/C7H3F6N3O3/c8-6(9,10)5-4(16(17)18)3(14)2(1-15-5)19-7(11,12)13/h1H,(H2,14,15). The zero-order valence-electron chi connectivity index (χ0n) is 8.54. The van der Waals surface area contributed by atoms with Gasteiger partial charge >= 0.3 is 18.2 Å². The molecule has 0 amide bonds. The summed E-state index contributed by atoms with van der Waals surface area (Å²) >= 11 is 0. The third-order valence-corrected chi connectivity index (χ3v) is 1.73. The van der Waals surface area contributed by atoms with Gasteiger partial charge in [0.25, 0.3) is 0 Å². The summed E-state index contributed by atoms with van der Waals surface area (Å²) in [5.41, 5.74) is -0.337. The van der Waals surface area contributed by atoms with Gasteiger partial charge in [-0.05, 0) is 0 Å². The highest BCUT2D eigenvalue weighted by Crippen LogP contribution is 2.42. The summed E-state index contributed by atoms with van der Waals surface area (Å²) in [5, 5.41) is 10.5. The summed E-state index contributed by atoms with van der Waals surface area (Å²) in [6, 6.07) is 0. The molecule has 0 fully saturated rings. The number of nitro groups is 1. The van der Waals surface area contributed by atoms with Gasteiger partial charge in [0.05, 0.1) is 11.1 Å². The molecule has 1 aromatic heterocycles. The number of pyridine rings is 1. The number of alkyl halides is 6. The summed E-state index contributed by atoms with van der Waals surface area (Å²) in [7, 11) is 0. The molecule has 1 rings (SSSR count). The first-order valence-corrected chi connectivity index (χ1v) is 4.19. The van der Waals surface area contributed by atoms with Crippen molar-refractivity contribution in [2.75, 3.05) is 5.73 Å². The number of nitrogen functional groups attached to an aromatic ring is 1. The number of hydrogen-bond acceptors (Lipinski definition) is 5. The third-order valence-electron chi connectivity index (χ3n) is 1.73. The Morgan fingerprint density at radius 1 is 1.26 bits per heavy atom. The van der Waals surface area contributed by atoms with E-state index in [4.69, 9.17) is 5.73 Å². The van der Waals surface area contributed by atoms with Gasteiger partial charge in [-0.3, -0.25) is 10.1 Å². The Labute approximate surface area is 99.5 Å². The zero-order valence-corrected chi connectivity index (χ0v) is 8.54. The maximum Gasteiger partial charge on any atom is 0.573 e. The summed E-state index contributed by atoms with van der Waals surface area (Å²) in [5.74, 6) is -1.38. The molecule has 12 heteroatoms. The van der Waals surface area contributed by atoms with Gasteiger partial charge in [-0.1, -0.05) is 0 Å². The van der Waals surface area contributed by atoms with Crippen LogP contribution in [0.5, 0.6) is 5.75 Å². The molecule has 0 aliphatic heterocycles. The maximum absolute atomic E-state index is 12.4. The predicted octanol–water partition coefficient (Wildman–Crippen LogP) is 2.49. The lowest BCUT2D eigenvalue weighted by atomic mass is 10.2. The van der Waals surface area contributed by atoms with Gasteiger partial charge in [0, 0.05) is 0 Å². The van der Waals surface area contributed by atoms with Crippen molar-refractivity contribution in [3.05, 3.63) is 22.0 Å². The Bertz CT molecular complexity index is 512. The largest absolute Gasteiger partial charge is 0.573 e. The van der Waals surface area contributed by atoms with Crippen molar-refractivity contribution in [2.24, 2.45) is 0 Å². The van der Waals surface area contributed by atoms with Crippen LogP contribution in [-0.2, 0) is 6.18 Å². The second-order valence-electron chi connectivity index (χ2n) is 3.04. The van der Waals surface area contributed by atoms with Crippen molar-refractivity contribution in [3.8, 4) is 5.75 Å². The van der Waals surface area contributed by atoms with Crippen LogP contribution >= 0.6 is 0 Å². The average Bonchev–Trinajstić information content (AvgIpc) is 2.16. The lowest BCUT2D eigenvalue weighted by Gasteiger charge is -2.13. The second-order valence-corrected chi connectivity index (χ2v) is 3.04. The molecule has 6 nitrogen and oxygen atoms in total. The van der Waals surface area contributed by atoms with Crippen LogP contribution in [0.25, 0.3) is 0 Å². The van der Waals surface area contributed by atoms with Gasteiger partial charge in [-0.2, -0.15) is 13.2 Å².